The highest BCUT2D eigenvalue weighted by atomic mass is 16.4. The first-order valence-electron chi connectivity index (χ1n) is 3.92. The third-order valence-electron chi connectivity index (χ3n) is 2.39. The Labute approximate surface area is 69.9 Å². The first-order valence-corrected chi connectivity index (χ1v) is 3.92. The van der Waals surface area contributed by atoms with Crippen LogP contribution in [0, 0.1) is 5.92 Å². The molecule has 0 aromatic rings. The minimum atomic E-state index is -1.31. The van der Waals surface area contributed by atoms with Crippen LogP contribution in [0.25, 0.3) is 0 Å². The second-order valence-corrected chi connectivity index (χ2v) is 3.14. The topological polar surface area (TPSA) is 101 Å². The summed E-state index contributed by atoms with van der Waals surface area (Å²) in [4.78, 5) is 0. The molecule has 0 saturated heterocycles. The van der Waals surface area contributed by atoms with Gasteiger partial charge in [0.2, 0.25) is 0 Å². The Balaban J connectivity index is 2.62. The molecule has 5 atom stereocenters. The van der Waals surface area contributed by atoms with Gasteiger partial charge in [-0.2, -0.15) is 0 Å². The molecule has 5 N–H and O–H groups in total. The predicted molar refractivity (Wildman–Crippen MR) is 39.2 cm³/mol. The van der Waals surface area contributed by atoms with Crippen LogP contribution in [0.2, 0.25) is 0 Å². The van der Waals surface area contributed by atoms with Gasteiger partial charge in [-0.15, -0.1) is 0 Å². The molecule has 0 spiro atoms. The van der Waals surface area contributed by atoms with Crippen LogP contribution in [-0.4, -0.2) is 56.6 Å². The van der Waals surface area contributed by atoms with Crippen molar-refractivity contribution in [3.05, 3.63) is 0 Å². The average Bonchev–Trinajstić information content (AvgIpc) is 2.23. The van der Waals surface area contributed by atoms with Crippen molar-refractivity contribution in [2.45, 2.75) is 30.8 Å². The second-order valence-electron chi connectivity index (χ2n) is 3.14. The minimum absolute atomic E-state index is 0.177. The molecule has 0 radical (unpaired) electrons. The lowest BCUT2D eigenvalue weighted by Gasteiger charge is -2.16. The van der Waals surface area contributed by atoms with Crippen LogP contribution < -0.4 is 0 Å². The highest BCUT2D eigenvalue weighted by molar-refractivity contribution is 4.97. The van der Waals surface area contributed by atoms with E-state index in [9.17, 15) is 10.2 Å². The van der Waals surface area contributed by atoms with Crippen LogP contribution in [0.1, 0.15) is 6.42 Å². The zero-order valence-electron chi connectivity index (χ0n) is 6.54. The Kier molecular flexibility index (Phi) is 3.03. The maximum atomic E-state index is 9.25. The summed E-state index contributed by atoms with van der Waals surface area (Å²) < 4.78 is 0. The molecule has 0 aromatic carbocycles. The summed E-state index contributed by atoms with van der Waals surface area (Å²) >= 11 is 0. The van der Waals surface area contributed by atoms with E-state index in [1.54, 1.807) is 0 Å². The molecule has 1 saturated carbocycles. The molecule has 0 heterocycles. The van der Waals surface area contributed by atoms with Crippen LogP contribution in [0.15, 0.2) is 0 Å². The van der Waals surface area contributed by atoms with Gasteiger partial charge in [0.1, 0.15) is 12.2 Å². The lowest BCUT2D eigenvalue weighted by atomic mass is 10.00. The SMILES string of the molecule is OCCC1[C@@H](O)[C@H](O)[C@@H](O)[C@H]1O. The minimum Gasteiger partial charge on any atom is -0.396 e. The third-order valence-corrected chi connectivity index (χ3v) is 2.39. The predicted octanol–water partition coefficient (Wildman–Crippen LogP) is -2.56. The van der Waals surface area contributed by atoms with Crippen LogP contribution in [0.5, 0.6) is 0 Å². The zero-order valence-corrected chi connectivity index (χ0v) is 6.54. The van der Waals surface area contributed by atoms with Gasteiger partial charge in [0, 0.05) is 12.5 Å². The molecule has 72 valence electrons. The van der Waals surface area contributed by atoms with E-state index in [4.69, 9.17) is 15.3 Å². The van der Waals surface area contributed by atoms with E-state index in [2.05, 4.69) is 0 Å². The van der Waals surface area contributed by atoms with Gasteiger partial charge < -0.3 is 25.5 Å². The molecule has 1 aliphatic carbocycles. The van der Waals surface area contributed by atoms with Gasteiger partial charge >= 0.3 is 0 Å². The van der Waals surface area contributed by atoms with Gasteiger partial charge in [-0.1, -0.05) is 0 Å². The van der Waals surface area contributed by atoms with E-state index in [1.807, 2.05) is 0 Å². The van der Waals surface area contributed by atoms with Crippen LogP contribution in [0.3, 0.4) is 0 Å². The summed E-state index contributed by atoms with van der Waals surface area (Å²) in [6, 6.07) is 0. The number of aliphatic hydroxyl groups is 5. The van der Waals surface area contributed by atoms with E-state index in [0.717, 1.165) is 0 Å². The van der Waals surface area contributed by atoms with Crippen LogP contribution >= 0.6 is 0 Å². The van der Waals surface area contributed by atoms with Gasteiger partial charge in [-0.3, -0.25) is 0 Å². The van der Waals surface area contributed by atoms with Crippen molar-refractivity contribution in [2.75, 3.05) is 6.61 Å². The van der Waals surface area contributed by atoms with E-state index in [-0.39, 0.29) is 13.0 Å². The summed E-state index contributed by atoms with van der Waals surface area (Å²) in [5, 5.41) is 45.2. The maximum absolute atomic E-state index is 9.25. The molecule has 12 heavy (non-hydrogen) atoms. The molecule has 0 bridgehead atoms. The van der Waals surface area contributed by atoms with Crippen LogP contribution in [0.4, 0.5) is 0 Å². The molecule has 0 aromatic heterocycles. The zero-order chi connectivity index (χ0) is 9.30. The van der Waals surface area contributed by atoms with Gasteiger partial charge in [-0.05, 0) is 6.42 Å². The quantitative estimate of drug-likeness (QED) is 0.320. The van der Waals surface area contributed by atoms with Gasteiger partial charge in [0.25, 0.3) is 0 Å². The van der Waals surface area contributed by atoms with Crippen molar-refractivity contribution in [2.24, 2.45) is 5.92 Å². The maximum Gasteiger partial charge on any atom is 0.109 e. The highest BCUT2D eigenvalue weighted by Crippen LogP contribution is 2.29. The molecule has 5 nitrogen and oxygen atoms in total. The summed E-state index contributed by atoms with van der Waals surface area (Å²) in [6.07, 6.45) is -4.74. The fourth-order valence-corrected chi connectivity index (χ4v) is 1.60. The van der Waals surface area contributed by atoms with Gasteiger partial charge in [0.05, 0.1) is 12.2 Å². The van der Waals surface area contributed by atoms with Crippen molar-refractivity contribution >= 4 is 0 Å². The monoisotopic (exact) mass is 178 g/mol. The van der Waals surface area contributed by atoms with Crippen molar-refractivity contribution in [3.8, 4) is 0 Å². The summed E-state index contributed by atoms with van der Waals surface area (Å²) in [5.41, 5.74) is 0. The molecule has 0 aliphatic heterocycles. The highest BCUT2D eigenvalue weighted by Gasteiger charge is 2.47. The Morgan fingerprint density at radius 3 is 1.50 bits per heavy atom. The molecule has 1 unspecified atom stereocenters. The Bertz CT molecular complexity index is 137. The van der Waals surface area contributed by atoms with Crippen molar-refractivity contribution < 1.29 is 25.5 Å². The molecular weight excluding hydrogens is 164 g/mol. The number of hydrogen-bond donors (Lipinski definition) is 5. The molecule has 1 fully saturated rings. The fourth-order valence-electron chi connectivity index (χ4n) is 1.60. The number of rotatable bonds is 2. The van der Waals surface area contributed by atoms with E-state index < -0.39 is 30.3 Å². The summed E-state index contributed by atoms with van der Waals surface area (Å²) in [7, 11) is 0. The normalized spacial score (nSPS) is 48.2. The lowest BCUT2D eigenvalue weighted by molar-refractivity contribution is -0.0413. The summed E-state index contributed by atoms with van der Waals surface area (Å²) in [5.74, 6) is -0.639. The fraction of sp³-hybridized carbons (Fsp3) is 1.00. The average molecular weight is 178 g/mol. The van der Waals surface area contributed by atoms with Gasteiger partial charge in [0.15, 0.2) is 0 Å². The Morgan fingerprint density at radius 1 is 0.750 bits per heavy atom. The van der Waals surface area contributed by atoms with Crippen molar-refractivity contribution in [1.29, 1.82) is 0 Å². The lowest BCUT2D eigenvalue weighted by Crippen LogP contribution is -2.32. The smallest absolute Gasteiger partial charge is 0.109 e. The first kappa shape index (κ1) is 9.88. The van der Waals surface area contributed by atoms with E-state index in [1.165, 1.54) is 0 Å². The molecule has 0 amide bonds. The van der Waals surface area contributed by atoms with Crippen molar-refractivity contribution in [3.63, 3.8) is 0 Å². The van der Waals surface area contributed by atoms with E-state index >= 15 is 0 Å². The number of aliphatic hydroxyl groups excluding tert-OH is 5. The second kappa shape index (κ2) is 3.68. The van der Waals surface area contributed by atoms with Gasteiger partial charge in [-0.25, -0.2) is 0 Å². The third kappa shape index (κ3) is 1.46. The van der Waals surface area contributed by atoms with Crippen molar-refractivity contribution in [1.82, 2.24) is 0 Å². The first-order chi connectivity index (χ1) is 5.59. The molecule has 5 heteroatoms. The Hall–Kier alpha value is -0.200. The largest absolute Gasteiger partial charge is 0.396 e. The van der Waals surface area contributed by atoms with E-state index in [0.29, 0.717) is 0 Å². The molecule has 1 aliphatic rings. The molecular formula is C7H14O5. The van der Waals surface area contributed by atoms with Crippen LogP contribution in [-0.2, 0) is 0 Å². The molecule has 1 rings (SSSR count). The summed E-state index contributed by atoms with van der Waals surface area (Å²) in [6.45, 7) is -0.182. The standard InChI is InChI=1S/C7H14O5/c8-2-1-3-4(9)6(11)7(12)5(3)10/h3-12H,1-2H2/t3?,4-,5+,6-,7-/m0/s1. The Morgan fingerprint density at radius 2 is 1.17 bits per heavy atom. The number of hydrogen-bond acceptors (Lipinski definition) is 5.